The summed E-state index contributed by atoms with van der Waals surface area (Å²) < 4.78 is 5.34. The zero-order chi connectivity index (χ0) is 12.0. The van der Waals surface area contributed by atoms with E-state index in [2.05, 4.69) is 31.3 Å². The molecule has 16 heavy (non-hydrogen) atoms. The van der Waals surface area contributed by atoms with E-state index in [1.54, 1.807) is 7.11 Å². The maximum atomic E-state index is 8.45. The van der Waals surface area contributed by atoms with Crippen molar-refractivity contribution in [1.82, 2.24) is 0 Å². The molecule has 86 valence electrons. The van der Waals surface area contributed by atoms with E-state index in [1.807, 2.05) is 6.07 Å². The number of rotatable bonds is 5. The monoisotopic (exact) mass is 218 g/mol. The van der Waals surface area contributed by atoms with Gasteiger partial charge in [-0.3, -0.25) is 0 Å². The Kier molecular flexibility index (Phi) is 4.65. The number of methoxy groups -OCH3 is 1. The Morgan fingerprint density at radius 1 is 1.38 bits per heavy atom. The molecule has 0 saturated carbocycles. The van der Waals surface area contributed by atoms with Crippen LogP contribution in [0, 0.1) is 25.2 Å². The minimum absolute atomic E-state index is 0.584. The second-order valence-corrected chi connectivity index (χ2v) is 3.85. The minimum Gasteiger partial charge on any atom is -0.495 e. The van der Waals surface area contributed by atoms with Gasteiger partial charge in [0, 0.05) is 13.0 Å². The third-order valence-corrected chi connectivity index (χ3v) is 2.43. The highest BCUT2D eigenvalue weighted by Gasteiger charge is 2.06. The Bertz CT molecular complexity index is 394. The molecule has 0 aromatic heterocycles. The SMILES string of the molecule is COc1cc(C)cc(C)c1NCCCC#N. The number of unbranched alkanes of at least 4 members (excludes halogenated alkanes) is 1. The fourth-order valence-corrected chi connectivity index (χ4v) is 1.70. The Hall–Kier alpha value is -1.69. The highest BCUT2D eigenvalue weighted by Crippen LogP contribution is 2.29. The minimum atomic E-state index is 0.584. The molecule has 1 aromatic rings. The van der Waals surface area contributed by atoms with Crippen molar-refractivity contribution >= 4 is 5.69 Å². The van der Waals surface area contributed by atoms with Gasteiger partial charge >= 0.3 is 0 Å². The number of nitriles is 1. The van der Waals surface area contributed by atoms with Crippen LogP contribution in [0.3, 0.4) is 0 Å². The number of hydrogen-bond acceptors (Lipinski definition) is 3. The van der Waals surface area contributed by atoms with Gasteiger partial charge in [0.15, 0.2) is 0 Å². The number of nitrogens with zero attached hydrogens (tertiary/aromatic N) is 1. The van der Waals surface area contributed by atoms with Crippen molar-refractivity contribution < 1.29 is 4.74 Å². The molecule has 0 bridgehead atoms. The lowest BCUT2D eigenvalue weighted by Gasteiger charge is -2.14. The summed E-state index contributed by atoms with van der Waals surface area (Å²) >= 11 is 0. The van der Waals surface area contributed by atoms with Crippen LogP contribution in [0.15, 0.2) is 12.1 Å². The van der Waals surface area contributed by atoms with Crippen LogP contribution in [0.1, 0.15) is 24.0 Å². The fourth-order valence-electron chi connectivity index (χ4n) is 1.70. The topological polar surface area (TPSA) is 45.0 Å². The molecule has 1 N–H and O–H groups in total. The largest absolute Gasteiger partial charge is 0.495 e. The van der Waals surface area contributed by atoms with Crippen LogP contribution < -0.4 is 10.1 Å². The first-order valence-electron chi connectivity index (χ1n) is 5.45. The van der Waals surface area contributed by atoms with Gasteiger partial charge in [0.1, 0.15) is 5.75 Å². The molecular formula is C13H18N2O. The normalized spacial score (nSPS) is 9.62. The molecule has 0 heterocycles. The Morgan fingerprint density at radius 3 is 2.75 bits per heavy atom. The molecule has 1 aromatic carbocycles. The molecule has 0 unspecified atom stereocenters. The van der Waals surface area contributed by atoms with E-state index in [9.17, 15) is 0 Å². The highest BCUT2D eigenvalue weighted by molar-refractivity contribution is 5.63. The summed E-state index contributed by atoms with van der Waals surface area (Å²) in [4.78, 5) is 0. The van der Waals surface area contributed by atoms with E-state index < -0.39 is 0 Å². The predicted molar refractivity (Wildman–Crippen MR) is 65.8 cm³/mol. The lowest BCUT2D eigenvalue weighted by molar-refractivity contribution is 0.416. The zero-order valence-corrected chi connectivity index (χ0v) is 10.1. The van der Waals surface area contributed by atoms with Crippen molar-refractivity contribution in [3.8, 4) is 11.8 Å². The molecule has 0 aliphatic carbocycles. The molecule has 3 nitrogen and oxygen atoms in total. The molecule has 1 rings (SSSR count). The van der Waals surface area contributed by atoms with Crippen LogP contribution in [0.5, 0.6) is 5.75 Å². The number of ether oxygens (including phenoxy) is 1. The van der Waals surface area contributed by atoms with Gasteiger partial charge in [0.2, 0.25) is 0 Å². The third-order valence-electron chi connectivity index (χ3n) is 2.43. The maximum absolute atomic E-state index is 8.45. The van der Waals surface area contributed by atoms with E-state index in [0.717, 1.165) is 24.4 Å². The van der Waals surface area contributed by atoms with Gasteiger partial charge in [0.05, 0.1) is 18.9 Å². The van der Waals surface area contributed by atoms with Gasteiger partial charge in [-0.2, -0.15) is 5.26 Å². The summed E-state index contributed by atoms with van der Waals surface area (Å²) in [5.41, 5.74) is 3.40. The molecule has 0 spiro atoms. The van der Waals surface area contributed by atoms with Crippen molar-refractivity contribution in [2.75, 3.05) is 19.0 Å². The molecule has 0 fully saturated rings. The maximum Gasteiger partial charge on any atom is 0.142 e. The summed E-state index contributed by atoms with van der Waals surface area (Å²) in [6, 6.07) is 6.27. The van der Waals surface area contributed by atoms with Gasteiger partial charge < -0.3 is 10.1 Å². The highest BCUT2D eigenvalue weighted by atomic mass is 16.5. The van der Waals surface area contributed by atoms with Gasteiger partial charge in [-0.05, 0) is 37.5 Å². The van der Waals surface area contributed by atoms with Gasteiger partial charge in [-0.25, -0.2) is 0 Å². The number of anilines is 1. The average Bonchev–Trinajstić information content (AvgIpc) is 2.26. The van der Waals surface area contributed by atoms with Gasteiger partial charge in [0.25, 0.3) is 0 Å². The number of aryl methyl sites for hydroxylation is 2. The first kappa shape index (κ1) is 12.4. The Balaban J connectivity index is 2.74. The lowest BCUT2D eigenvalue weighted by Crippen LogP contribution is -2.05. The summed E-state index contributed by atoms with van der Waals surface area (Å²) in [7, 11) is 1.68. The first-order chi connectivity index (χ1) is 7.69. The summed E-state index contributed by atoms with van der Waals surface area (Å²) in [5, 5.41) is 11.8. The average molecular weight is 218 g/mol. The molecule has 0 aliphatic heterocycles. The van der Waals surface area contributed by atoms with E-state index in [4.69, 9.17) is 10.00 Å². The number of nitrogens with one attached hydrogen (secondary N) is 1. The summed E-state index contributed by atoms with van der Waals surface area (Å²) in [6.07, 6.45) is 1.44. The van der Waals surface area contributed by atoms with Crippen molar-refractivity contribution in [2.24, 2.45) is 0 Å². The summed E-state index contributed by atoms with van der Waals surface area (Å²) in [5.74, 6) is 0.870. The van der Waals surface area contributed by atoms with Crippen molar-refractivity contribution in [1.29, 1.82) is 5.26 Å². The molecular weight excluding hydrogens is 200 g/mol. The first-order valence-corrected chi connectivity index (χ1v) is 5.45. The quantitative estimate of drug-likeness (QED) is 0.773. The smallest absolute Gasteiger partial charge is 0.142 e. The van der Waals surface area contributed by atoms with E-state index >= 15 is 0 Å². The fraction of sp³-hybridized carbons (Fsp3) is 0.462. The van der Waals surface area contributed by atoms with E-state index in [1.165, 1.54) is 11.1 Å². The number of benzene rings is 1. The zero-order valence-electron chi connectivity index (χ0n) is 10.1. The second-order valence-electron chi connectivity index (χ2n) is 3.85. The van der Waals surface area contributed by atoms with Gasteiger partial charge in [-0.15, -0.1) is 0 Å². The molecule has 0 radical (unpaired) electrons. The predicted octanol–water partition coefficient (Wildman–Crippen LogP) is 3.03. The molecule has 0 saturated heterocycles. The van der Waals surface area contributed by atoms with Crippen LogP contribution in [-0.2, 0) is 0 Å². The Labute approximate surface area is 97.0 Å². The molecule has 0 atom stereocenters. The Morgan fingerprint density at radius 2 is 2.12 bits per heavy atom. The lowest BCUT2D eigenvalue weighted by atomic mass is 10.1. The third kappa shape index (κ3) is 3.16. The standard InChI is InChI=1S/C13H18N2O/c1-10-8-11(2)13(12(9-10)16-3)15-7-5-4-6-14/h8-9,15H,4-5,7H2,1-3H3. The molecule has 0 amide bonds. The van der Waals surface area contributed by atoms with Crippen molar-refractivity contribution in [3.63, 3.8) is 0 Å². The van der Waals surface area contributed by atoms with Crippen LogP contribution in [0.4, 0.5) is 5.69 Å². The molecule has 3 heteroatoms. The van der Waals surface area contributed by atoms with Crippen LogP contribution >= 0.6 is 0 Å². The van der Waals surface area contributed by atoms with Crippen molar-refractivity contribution in [2.45, 2.75) is 26.7 Å². The second kappa shape index (κ2) is 6.02. The van der Waals surface area contributed by atoms with Gasteiger partial charge in [-0.1, -0.05) is 6.07 Å². The number of hydrogen-bond donors (Lipinski definition) is 1. The van der Waals surface area contributed by atoms with Crippen LogP contribution in [0.2, 0.25) is 0 Å². The van der Waals surface area contributed by atoms with Crippen LogP contribution in [0.25, 0.3) is 0 Å². The van der Waals surface area contributed by atoms with E-state index in [0.29, 0.717) is 6.42 Å². The van der Waals surface area contributed by atoms with E-state index in [-0.39, 0.29) is 0 Å². The van der Waals surface area contributed by atoms with Crippen molar-refractivity contribution in [3.05, 3.63) is 23.3 Å². The molecule has 0 aliphatic rings. The summed E-state index contributed by atoms with van der Waals surface area (Å²) in [6.45, 7) is 4.91. The van der Waals surface area contributed by atoms with Crippen LogP contribution in [-0.4, -0.2) is 13.7 Å².